The molecule has 140 valence electrons. The molecular formula is C14H18F3N3O4S. The topological polar surface area (TPSA) is 89.5 Å². The summed E-state index contributed by atoms with van der Waals surface area (Å²) in [4.78, 5) is 21.7. The van der Waals surface area contributed by atoms with Gasteiger partial charge in [-0.25, -0.2) is 0 Å². The number of nitrogens with zero attached hydrogens (tertiary/aromatic N) is 3. The molecule has 1 aromatic carbocycles. The van der Waals surface area contributed by atoms with Crippen molar-refractivity contribution < 1.29 is 23.0 Å². The SMILES string of the molecule is CCCN(CCC)c1c([N+](=O)[O-])cc(C(F)(F)F)c(SC)c1[N+](=O)[O-]. The average molecular weight is 381 g/mol. The molecule has 0 heterocycles. The van der Waals surface area contributed by atoms with Crippen molar-refractivity contribution in [3.63, 3.8) is 0 Å². The molecule has 1 aromatic rings. The van der Waals surface area contributed by atoms with E-state index in [1.807, 2.05) is 0 Å². The summed E-state index contributed by atoms with van der Waals surface area (Å²) in [6.07, 6.45) is -2.60. The number of anilines is 1. The zero-order valence-electron chi connectivity index (χ0n) is 13.9. The smallest absolute Gasteiger partial charge is 0.360 e. The van der Waals surface area contributed by atoms with E-state index in [-0.39, 0.29) is 18.8 Å². The second kappa shape index (κ2) is 8.37. The third kappa shape index (κ3) is 4.53. The van der Waals surface area contributed by atoms with E-state index in [1.165, 1.54) is 11.2 Å². The number of nitro groups is 2. The summed E-state index contributed by atoms with van der Waals surface area (Å²) in [5, 5.41) is 22.9. The fraction of sp³-hybridized carbons (Fsp3) is 0.571. The quantitative estimate of drug-likeness (QED) is 0.362. The first-order valence-electron chi connectivity index (χ1n) is 7.45. The van der Waals surface area contributed by atoms with Gasteiger partial charge in [0.15, 0.2) is 5.69 Å². The molecule has 0 aliphatic heterocycles. The molecule has 0 atom stereocenters. The Morgan fingerprint density at radius 3 is 1.96 bits per heavy atom. The minimum Gasteiger partial charge on any atom is -0.360 e. The minimum atomic E-state index is -4.94. The van der Waals surface area contributed by atoms with E-state index < -0.39 is 37.9 Å². The minimum absolute atomic E-state index is 0.259. The lowest BCUT2D eigenvalue weighted by molar-refractivity contribution is -0.395. The predicted octanol–water partition coefficient (Wildman–Crippen LogP) is 4.87. The van der Waals surface area contributed by atoms with E-state index in [9.17, 15) is 33.4 Å². The monoisotopic (exact) mass is 381 g/mol. The molecule has 1 rings (SSSR count). The van der Waals surface area contributed by atoms with E-state index >= 15 is 0 Å². The number of thioether (sulfide) groups is 1. The van der Waals surface area contributed by atoms with Crippen LogP contribution in [0.1, 0.15) is 32.3 Å². The summed E-state index contributed by atoms with van der Waals surface area (Å²) in [5.41, 5.74) is -3.50. The number of hydrogen-bond donors (Lipinski definition) is 0. The van der Waals surface area contributed by atoms with Crippen LogP contribution >= 0.6 is 11.8 Å². The first-order valence-corrected chi connectivity index (χ1v) is 8.68. The largest absolute Gasteiger partial charge is 0.417 e. The van der Waals surface area contributed by atoms with Crippen molar-refractivity contribution in [3.8, 4) is 0 Å². The Morgan fingerprint density at radius 1 is 1.12 bits per heavy atom. The van der Waals surface area contributed by atoms with Crippen LogP contribution in [-0.4, -0.2) is 29.2 Å². The highest BCUT2D eigenvalue weighted by molar-refractivity contribution is 7.98. The summed E-state index contributed by atoms with van der Waals surface area (Å²) in [5.74, 6) is 0. The number of benzene rings is 1. The Morgan fingerprint density at radius 2 is 1.64 bits per heavy atom. The maximum absolute atomic E-state index is 13.3. The van der Waals surface area contributed by atoms with Crippen molar-refractivity contribution in [2.45, 2.75) is 37.8 Å². The van der Waals surface area contributed by atoms with Crippen LogP contribution in [0.25, 0.3) is 0 Å². The van der Waals surface area contributed by atoms with Crippen LogP contribution in [0.2, 0.25) is 0 Å². The fourth-order valence-corrected chi connectivity index (χ4v) is 3.30. The lowest BCUT2D eigenvalue weighted by atomic mass is 10.1. The zero-order chi connectivity index (χ0) is 19.4. The van der Waals surface area contributed by atoms with E-state index in [2.05, 4.69) is 0 Å². The van der Waals surface area contributed by atoms with Crippen molar-refractivity contribution in [1.82, 2.24) is 0 Å². The van der Waals surface area contributed by atoms with Gasteiger partial charge in [0.1, 0.15) is 0 Å². The molecule has 7 nitrogen and oxygen atoms in total. The molecule has 25 heavy (non-hydrogen) atoms. The van der Waals surface area contributed by atoms with Crippen LogP contribution in [0, 0.1) is 20.2 Å². The van der Waals surface area contributed by atoms with Crippen LogP contribution in [-0.2, 0) is 6.18 Å². The summed E-state index contributed by atoms with van der Waals surface area (Å²) < 4.78 is 39.8. The third-order valence-corrected chi connectivity index (χ3v) is 4.22. The van der Waals surface area contributed by atoms with Crippen LogP contribution in [0.4, 0.5) is 30.2 Å². The second-order valence-electron chi connectivity index (χ2n) is 5.17. The molecule has 11 heteroatoms. The number of halogens is 3. The summed E-state index contributed by atoms with van der Waals surface area (Å²) in [6.45, 7) is 4.07. The van der Waals surface area contributed by atoms with Crippen LogP contribution in [0.5, 0.6) is 0 Å². The van der Waals surface area contributed by atoms with Gasteiger partial charge in [-0.1, -0.05) is 13.8 Å². The molecule has 0 bridgehead atoms. The van der Waals surface area contributed by atoms with E-state index in [4.69, 9.17) is 0 Å². The Hall–Kier alpha value is -2.04. The highest BCUT2D eigenvalue weighted by atomic mass is 32.2. The molecule has 0 fully saturated rings. The second-order valence-corrected chi connectivity index (χ2v) is 5.99. The number of rotatable bonds is 8. The van der Waals surface area contributed by atoms with Crippen LogP contribution < -0.4 is 4.90 Å². The standard InChI is InChI=1S/C14H18F3N3O4S/c1-4-6-18(7-5-2)11-10(19(21)22)8-9(14(15,16)17)13(25-3)12(11)20(23)24/h8H,4-7H2,1-3H3. The number of alkyl halides is 3. The normalized spacial score (nSPS) is 11.4. The number of hydrogen-bond acceptors (Lipinski definition) is 6. The van der Waals surface area contributed by atoms with Crippen molar-refractivity contribution >= 4 is 28.8 Å². The predicted molar refractivity (Wildman–Crippen MR) is 89.3 cm³/mol. The van der Waals surface area contributed by atoms with Crippen molar-refractivity contribution in [1.29, 1.82) is 0 Å². The first-order chi connectivity index (χ1) is 11.6. The molecule has 0 saturated carbocycles. The van der Waals surface area contributed by atoms with Gasteiger partial charge < -0.3 is 4.90 Å². The lowest BCUT2D eigenvalue weighted by Crippen LogP contribution is -2.27. The molecule has 0 saturated heterocycles. The molecule has 0 aromatic heterocycles. The molecule has 0 spiro atoms. The summed E-state index contributed by atoms with van der Waals surface area (Å²) >= 11 is 0.554. The van der Waals surface area contributed by atoms with E-state index in [0.717, 1.165) is 0 Å². The molecule has 0 aliphatic rings. The van der Waals surface area contributed by atoms with Gasteiger partial charge in [-0.2, -0.15) is 13.2 Å². The summed E-state index contributed by atoms with van der Waals surface area (Å²) in [6, 6.07) is 0.395. The van der Waals surface area contributed by atoms with Crippen molar-refractivity contribution in [2.24, 2.45) is 0 Å². The van der Waals surface area contributed by atoms with Crippen molar-refractivity contribution in [3.05, 3.63) is 31.9 Å². The maximum atomic E-state index is 13.3. The highest BCUT2D eigenvalue weighted by Gasteiger charge is 2.43. The van der Waals surface area contributed by atoms with Gasteiger partial charge in [0.2, 0.25) is 0 Å². The maximum Gasteiger partial charge on any atom is 0.417 e. The van der Waals surface area contributed by atoms with Crippen molar-refractivity contribution in [2.75, 3.05) is 24.2 Å². The Kier molecular flexibility index (Phi) is 7.03. The van der Waals surface area contributed by atoms with Crippen LogP contribution in [0.3, 0.4) is 0 Å². The molecule has 0 aliphatic carbocycles. The van der Waals surface area contributed by atoms with Gasteiger partial charge in [-0.05, 0) is 19.1 Å². The van der Waals surface area contributed by atoms with Gasteiger partial charge in [0.05, 0.1) is 20.3 Å². The molecule has 0 amide bonds. The summed E-state index contributed by atoms with van der Waals surface area (Å²) in [7, 11) is 0. The highest BCUT2D eigenvalue weighted by Crippen LogP contribution is 2.49. The fourth-order valence-electron chi connectivity index (χ4n) is 2.54. The van der Waals surface area contributed by atoms with Gasteiger partial charge in [-0.15, -0.1) is 11.8 Å². The number of nitro benzene ring substituents is 2. The van der Waals surface area contributed by atoms with Gasteiger partial charge in [-0.3, -0.25) is 20.2 Å². The molecule has 0 N–H and O–H groups in total. The Bertz CT molecular complexity index is 662. The average Bonchev–Trinajstić information content (AvgIpc) is 2.51. The van der Waals surface area contributed by atoms with Crippen LogP contribution in [0.15, 0.2) is 11.0 Å². The van der Waals surface area contributed by atoms with Gasteiger partial charge in [0.25, 0.3) is 5.69 Å². The van der Waals surface area contributed by atoms with E-state index in [0.29, 0.717) is 30.7 Å². The molecule has 0 unspecified atom stereocenters. The Balaban J connectivity index is 3.96. The zero-order valence-corrected chi connectivity index (χ0v) is 14.7. The Labute approximate surface area is 146 Å². The van der Waals surface area contributed by atoms with E-state index in [1.54, 1.807) is 13.8 Å². The molecular weight excluding hydrogens is 363 g/mol. The third-order valence-electron chi connectivity index (χ3n) is 3.40. The molecule has 0 radical (unpaired) electrons. The van der Waals surface area contributed by atoms with Gasteiger partial charge in [0, 0.05) is 19.2 Å². The van der Waals surface area contributed by atoms with Gasteiger partial charge >= 0.3 is 11.9 Å². The lowest BCUT2D eigenvalue weighted by Gasteiger charge is -2.25. The first kappa shape index (κ1) is 21.0.